The molecule has 0 aliphatic heterocycles. The highest BCUT2D eigenvalue weighted by Gasteiger charge is 2.30. The molecule has 1 aromatic carbocycles. The maximum Gasteiger partial charge on any atom is 0.416 e. The largest absolute Gasteiger partial charge is 0.416 e. The van der Waals surface area contributed by atoms with Crippen molar-refractivity contribution in [1.82, 2.24) is 10.2 Å². The second kappa shape index (κ2) is 9.65. The summed E-state index contributed by atoms with van der Waals surface area (Å²) in [5.41, 5.74) is -0.777. The molecule has 0 atom stereocenters. The molecule has 0 unspecified atom stereocenters. The molecule has 7 heteroatoms. The van der Waals surface area contributed by atoms with Crippen molar-refractivity contribution in [3.05, 3.63) is 29.8 Å². The summed E-state index contributed by atoms with van der Waals surface area (Å²) >= 11 is 0. The van der Waals surface area contributed by atoms with Gasteiger partial charge in [-0.25, -0.2) is 4.79 Å². The van der Waals surface area contributed by atoms with Crippen LogP contribution < -0.4 is 10.1 Å². The Morgan fingerprint density at radius 2 is 1.81 bits per heavy atom. The molecule has 1 aliphatic carbocycles. The molecule has 0 saturated heterocycles. The van der Waals surface area contributed by atoms with Crippen molar-refractivity contribution in [2.45, 2.75) is 31.9 Å². The smallest absolute Gasteiger partial charge is 0.410 e. The fourth-order valence-corrected chi connectivity index (χ4v) is 2.94. The predicted molar refractivity (Wildman–Crippen MR) is 97.2 cm³/mol. The van der Waals surface area contributed by atoms with E-state index in [-0.39, 0.29) is 5.75 Å². The van der Waals surface area contributed by atoms with E-state index in [1.807, 2.05) is 19.0 Å². The van der Waals surface area contributed by atoms with E-state index in [2.05, 4.69) is 17.2 Å². The number of carbonyl (C=O) groups is 1. The molecule has 0 aromatic heterocycles. The van der Waals surface area contributed by atoms with Gasteiger partial charge in [0.1, 0.15) is 5.75 Å². The lowest BCUT2D eigenvalue weighted by Crippen LogP contribution is -2.33. The molecular formula is C20H25F3N2O2. The molecule has 1 aliphatic rings. The van der Waals surface area contributed by atoms with Crippen molar-refractivity contribution in [1.29, 1.82) is 0 Å². The van der Waals surface area contributed by atoms with Crippen LogP contribution in [0.15, 0.2) is 24.3 Å². The van der Waals surface area contributed by atoms with E-state index in [9.17, 15) is 18.0 Å². The average molecular weight is 382 g/mol. The molecule has 0 radical (unpaired) electrons. The lowest BCUT2D eigenvalue weighted by molar-refractivity contribution is -0.137. The first-order valence-corrected chi connectivity index (χ1v) is 9.00. The maximum absolute atomic E-state index is 12.5. The lowest BCUT2D eigenvalue weighted by atomic mass is 9.82. The van der Waals surface area contributed by atoms with Crippen molar-refractivity contribution in [3.8, 4) is 17.6 Å². The number of hydrogen-bond donors (Lipinski definition) is 1. The van der Waals surface area contributed by atoms with Gasteiger partial charge in [0.05, 0.1) is 12.1 Å². The number of halogens is 3. The molecule has 27 heavy (non-hydrogen) atoms. The average Bonchev–Trinajstić information content (AvgIpc) is 2.60. The Balaban J connectivity index is 1.70. The van der Waals surface area contributed by atoms with Gasteiger partial charge in [0, 0.05) is 12.5 Å². The molecule has 0 bridgehead atoms. The highest BCUT2D eigenvalue weighted by Crippen LogP contribution is 2.30. The lowest BCUT2D eigenvalue weighted by Gasteiger charge is -2.25. The van der Waals surface area contributed by atoms with Gasteiger partial charge in [-0.05, 0) is 70.0 Å². The van der Waals surface area contributed by atoms with Crippen LogP contribution in [0.1, 0.15) is 31.2 Å². The molecule has 0 heterocycles. The molecule has 1 amide bonds. The fraction of sp³-hybridized carbons (Fsp3) is 0.550. The SMILES string of the molecule is CN(C)CC#CC1CCC(CNC(=O)Oc2ccc(C(F)(F)F)cc2)CC1. The third-order valence-corrected chi connectivity index (χ3v) is 4.48. The Kier molecular flexibility index (Phi) is 7.55. The summed E-state index contributed by atoms with van der Waals surface area (Å²) in [6, 6.07) is 4.06. The van der Waals surface area contributed by atoms with Crippen molar-refractivity contribution in [3.63, 3.8) is 0 Å². The van der Waals surface area contributed by atoms with Crippen LogP contribution in [0.5, 0.6) is 5.75 Å². The number of nitrogens with one attached hydrogen (secondary N) is 1. The van der Waals surface area contributed by atoms with Crippen LogP contribution in [0.25, 0.3) is 0 Å². The van der Waals surface area contributed by atoms with E-state index < -0.39 is 17.8 Å². The van der Waals surface area contributed by atoms with E-state index in [1.54, 1.807) is 0 Å². The summed E-state index contributed by atoms with van der Waals surface area (Å²) in [4.78, 5) is 13.9. The zero-order valence-corrected chi connectivity index (χ0v) is 15.6. The van der Waals surface area contributed by atoms with Crippen LogP contribution in [-0.4, -0.2) is 38.2 Å². The van der Waals surface area contributed by atoms with Crippen LogP contribution >= 0.6 is 0 Å². The number of rotatable bonds is 4. The van der Waals surface area contributed by atoms with Crippen molar-refractivity contribution >= 4 is 6.09 Å². The number of nitrogens with zero attached hydrogens (tertiary/aromatic N) is 1. The van der Waals surface area contributed by atoms with Gasteiger partial charge in [-0.15, -0.1) is 0 Å². The zero-order chi connectivity index (χ0) is 19.9. The van der Waals surface area contributed by atoms with Crippen LogP contribution in [0, 0.1) is 23.7 Å². The number of ether oxygens (including phenoxy) is 1. The van der Waals surface area contributed by atoms with Gasteiger partial charge in [-0.2, -0.15) is 13.2 Å². The number of hydrogen-bond acceptors (Lipinski definition) is 3. The summed E-state index contributed by atoms with van der Waals surface area (Å²) < 4.78 is 42.6. The molecular weight excluding hydrogens is 357 g/mol. The summed E-state index contributed by atoms with van der Waals surface area (Å²) in [7, 11) is 3.97. The topological polar surface area (TPSA) is 41.6 Å². The number of carbonyl (C=O) groups excluding carboxylic acids is 1. The van der Waals surface area contributed by atoms with Crippen molar-refractivity contribution in [2.75, 3.05) is 27.2 Å². The quantitative estimate of drug-likeness (QED) is 0.795. The minimum absolute atomic E-state index is 0.0837. The highest BCUT2D eigenvalue weighted by molar-refractivity contribution is 5.70. The first-order valence-electron chi connectivity index (χ1n) is 9.00. The molecule has 1 saturated carbocycles. The number of benzene rings is 1. The van der Waals surface area contributed by atoms with E-state index >= 15 is 0 Å². The van der Waals surface area contributed by atoms with Gasteiger partial charge in [-0.3, -0.25) is 4.90 Å². The van der Waals surface area contributed by atoms with Gasteiger partial charge in [0.2, 0.25) is 0 Å². The summed E-state index contributed by atoms with van der Waals surface area (Å²) in [6.07, 6.45) is -1.05. The van der Waals surface area contributed by atoms with Gasteiger partial charge < -0.3 is 10.1 Å². The first-order chi connectivity index (χ1) is 12.7. The molecule has 1 fully saturated rings. The van der Waals surface area contributed by atoms with Gasteiger partial charge in [-0.1, -0.05) is 11.8 Å². The highest BCUT2D eigenvalue weighted by atomic mass is 19.4. The maximum atomic E-state index is 12.5. The Labute approximate surface area is 158 Å². The van der Waals surface area contributed by atoms with Crippen LogP contribution in [-0.2, 0) is 6.18 Å². The van der Waals surface area contributed by atoms with Crippen molar-refractivity contribution < 1.29 is 22.7 Å². The Morgan fingerprint density at radius 3 is 2.37 bits per heavy atom. The molecule has 2 rings (SSSR count). The van der Waals surface area contributed by atoms with Gasteiger partial charge >= 0.3 is 12.3 Å². The minimum Gasteiger partial charge on any atom is -0.410 e. The molecule has 1 aromatic rings. The second-order valence-corrected chi connectivity index (χ2v) is 7.07. The monoisotopic (exact) mass is 382 g/mol. The van der Waals surface area contributed by atoms with Crippen molar-refractivity contribution in [2.24, 2.45) is 11.8 Å². The normalized spacial score (nSPS) is 19.9. The standard InChI is InChI=1S/C20H25F3N2O2/c1-25(2)13-3-4-15-5-7-16(8-6-15)14-24-19(26)27-18-11-9-17(10-12-18)20(21,22)23/h9-12,15-16H,5-8,13-14H2,1-2H3,(H,24,26). The fourth-order valence-electron chi connectivity index (χ4n) is 2.94. The van der Waals surface area contributed by atoms with Gasteiger partial charge in [0.15, 0.2) is 0 Å². The van der Waals surface area contributed by atoms with Crippen LogP contribution in [0.2, 0.25) is 0 Å². The van der Waals surface area contributed by atoms with E-state index in [1.165, 1.54) is 0 Å². The molecule has 148 valence electrons. The van der Waals surface area contributed by atoms with E-state index in [0.29, 0.717) is 18.4 Å². The second-order valence-electron chi connectivity index (χ2n) is 7.07. The molecule has 1 N–H and O–H groups in total. The number of amides is 1. The minimum atomic E-state index is -4.41. The Hall–Kier alpha value is -2.20. The zero-order valence-electron chi connectivity index (χ0n) is 15.6. The predicted octanol–water partition coefficient (Wildman–Crippen LogP) is 4.17. The van der Waals surface area contributed by atoms with Gasteiger partial charge in [0.25, 0.3) is 0 Å². The van der Waals surface area contributed by atoms with E-state index in [4.69, 9.17) is 4.74 Å². The summed E-state index contributed by atoms with van der Waals surface area (Å²) in [6.45, 7) is 1.26. The molecule has 4 nitrogen and oxygen atoms in total. The molecule has 0 spiro atoms. The Morgan fingerprint density at radius 1 is 1.19 bits per heavy atom. The van der Waals surface area contributed by atoms with Crippen LogP contribution in [0.4, 0.5) is 18.0 Å². The Bertz CT molecular complexity index is 667. The summed E-state index contributed by atoms with van der Waals surface area (Å²) in [5.74, 6) is 7.35. The van der Waals surface area contributed by atoms with Crippen LogP contribution in [0.3, 0.4) is 0 Å². The number of alkyl halides is 3. The summed E-state index contributed by atoms with van der Waals surface area (Å²) in [5, 5.41) is 2.69. The third-order valence-electron chi connectivity index (χ3n) is 4.48. The third kappa shape index (κ3) is 7.51. The van der Waals surface area contributed by atoms with E-state index in [0.717, 1.165) is 56.5 Å². The first kappa shape index (κ1) is 21.1.